The summed E-state index contributed by atoms with van der Waals surface area (Å²) < 4.78 is 18.1. The summed E-state index contributed by atoms with van der Waals surface area (Å²) in [6, 6.07) is 27.1. The molecule has 4 rings (SSSR count). The van der Waals surface area contributed by atoms with Crippen LogP contribution < -0.4 is 0 Å². The Balaban J connectivity index is 1.56. The number of nitrogens with zero attached hydrogens (tertiary/aromatic N) is 4. The lowest BCUT2D eigenvalue weighted by molar-refractivity contribution is -0.256. The molecule has 0 saturated carbocycles. The summed E-state index contributed by atoms with van der Waals surface area (Å²) in [5.41, 5.74) is 2.90. The molecular formula is C40H56N4O11. The van der Waals surface area contributed by atoms with Crippen molar-refractivity contribution in [2.75, 3.05) is 91.9 Å². The van der Waals surface area contributed by atoms with Gasteiger partial charge in [-0.1, -0.05) is 91.0 Å². The molecule has 3 unspecified atom stereocenters. The summed E-state index contributed by atoms with van der Waals surface area (Å²) in [4.78, 5) is 41.9. The van der Waals surface area contributed by atoms with Gasteiger partial charge in [-0.2, -0.15) is 0 Å². The topological polar surface area (TPSA) is 174 Å². The first-order chi connectivity index (χ1) is 26.9. The molecule has 1 fully saturated rings. The first-order valence-electron chi connectivity index (χ1n) is 18.6. The maximum atomic E-state index is 12.8. The van der Waals surface area contributed by atoms with E-state index in [1.165, 1.54) is 0 Å². The summed E-state index contributed by atoms with van der Waals surface area (Å²) >= 11 is 0. The Morgan fingerprint density at radius 1 is 0.509 bits per heavy atom. The SMILES string of the molecule is O=C(O)CN1CCN(C(COO)COCc2ccccc2)CCN(C(COO)COCc2ccccc2)CCN(C(COCc2ccccc2)C(=O)O)CC1. The molecule has 0 spiro atoms. The highest BCUT2D eigenvalue weighted by Gasteiger charge is 2.30. The van der Waals surface area contributed by atoms with E-state index < -0.39 is 24.0 Å². The van der Waals surface area contributed by atoms with E-state index in [0.29, 0.717) is 45.9 Å². The van der Waals surface area contributed by atoms with Crippen LogP contribution in [0.15, 0.2) is 91.0 Å². The summed E-state index contributed by atoms with van der Waals surface area (Å²) in [5, 5.41) is 39.5. The van der Waals surface area contributed by atoms with E-state index in [1.54, 1.807) is 4.90 Å². The van der Waals surface area contributed by atoms with Gasteiger partial charge in [-0.25, -0.2) is 9.78 Å². The number of hydrogen-bond donors (Lipinski definition) is 4. The van der Waals surface area contributed by atoms with Gasteiger partial charge >= 0.3 is 11.9 Å². The van der Waals surface area contributed by atoms with Gasteiger partial charge in [0, 0.05) is 52.4 Å². The Kier molecular flexibility index (Phi) is 20.2. The van der Waals surface area contributed by atoms with Gasteiger partial charge in [0.2, 0.25) is 0 Å². The normalized spacial score (nSPS) is 17.5. The van der Waals surface area contributed by atoms with Crippen LogP contribution in [0.5, 0.6) is 0 Å². The van der Waals surface area contributed by atoms with Gasteiger partial charge in [0.25, 0.3) is 0 Å². The van der Waals surface area contributed by atoms with Crippen molar-refractivity contribution in [2.45, 2.75) is 37.9 Å². The van der Waals surface area contributed by atoms with Gasteiger partial charge in [0.1, 0.15) is 6.04 Å². The number of ether oxygens (including phenoxy) is 3. The lowest BCUT2D eigenvalue weighted by Crippen LogP contribution is -2.56. The maximum Gasteiger partial charge on any atom is 0.323 e. The molecule has 15 heteroatoms. The van der Waals surface area contributed by atoms with Gasteiger partial charge < -0.3 is 24.4 Å². The number of carboxylic acids is 2. The van der Waals surface area contributed by atoms with Crippen molar-refractivity contribution in [1.82, 2.24) is 19.6 Å². The molecule has 3 atom stereocenters. The molecule has 1 aliphatic heterocycles. The third-order valence-corrected chi connectivity index (χ3v) is 9.64. The van der Waals surface area contributed by atoms with E-state index in [9.17, 15) is 30.3 Å². The molecule has 15 nitrogen and oxygen atoms in total. The van der Waals surface area contributed by atoms with E-state index in [4.69, 9.17) is 19.1 Å². The summed E-state index contributed by atoms with van der Waals surface area (Å²) in [7, 11) is 0. The standard InChI is InChI=1S/C40H56N4O11/c45-39(46)24-41-16-18-42(36(30-54-49)28-51-25-33-10-4-1-5-11-33)20-21-43(37(31-55-50)29-52-26-34-12-6-2-7-13-34)22-23-44(19-17-41)38(40(47)48)32-53-27-35-14-8-3-9-15-35/h1-15,36-38,49-50H,16-32H2,(H,45,46)(H,47,48). The van der Waals surface area contributed by atoms with Crippen LogP contribution >= 0.6 is 0 Å². The van der Waals surface area contributed by atoms with Crippen LogP contribution in [0, 0.1) is 0 Å². The second-order valence-electron chi connectivity index (χ2n) is 13.5. The smallest absolute Gasteiger partial charge is 0.323 e. The molecule has 0 bridgehead atoms. The van der Waals surface area contributed by atoms with Crippen LogP contribution in [0.3, 0.4) is 0 Å². The second kappa shape index (κ2) is 25.3. The van der Waals surface area contributed by atoms with Crippen molar-refractivity contribution < 1.29 is 54.3 Å². The third kappa shape index (κ3) is 16.4. The molecule has 0 aliphatic carbocycles. The Hall–Kier alpha value is -3.84. The molecule has 1 aliphatic rings. The molecule has 0 radical (unpaired) electrons. The molecule has 0 amide bonds. The van der Waals surface area contributed by atoms with Crippen LogP contribution in [-0.4, -0.2) is 162 Å². The number of benzene rings is 3. The van der Waals surface area contributed by atoms with Crippen molar-refractivity contribution in [3.63, 3.8) is 0 Å². The largest absolute Gasteiger partial charge is 0.480 e. The molecule has 55 heavy (non-hydrogen) atoms. The molecule has 3 aromatic rings. The van der Waals surface area contributed by atoms with E-state index >= 15 is 0 Å². The number of rotatable bonds is 22. The third-order valence-electron chi connectivity index (χ3n) is 9.64. The molecule has 3 aromatic carbocycles. The predicted molar refractivity (Wildman–Crippen MR) is 203 cm³/mol. The maximum absolute atomic E-state index is 12.8. The Morgan fingerprint density at radius 2 is 0.873 bits per heavy atom. The fourth-order valence-electron chi connectivity index (χ4n) is 6.55. The number of aliphatic carboxylic acids is 2. The fourth-order valence-corrected chi connectivity index (χ4v) is 6.55. The van der Waals surface area contributed by atoms with Crippen molar-refractivity contribution in [2.24, 2.45) is 0 Å². The van der Waals surface area contributed by atoms with E-state index in [2.05, 4.69) is 14.7 Å². The van der Waals surface area contributed by atoms with Crippen molar-refractivity contribution in [3.8, 4) is 0 Å². The molecule has 1 saturated heterocycles. The van der Waals surface area contributed by atoms with Gasteiger partial charge in [-0.15, -0.1) is 0 Å². The highest BCUT2D eigenvalue weighted by atomic mass is 17.1. The van der Waals surface area contributed by atoms with Crippen molar-refractivity contribution in [3.05, 3.63) is 108 Å². The molecule has 4 N–H and O–H groups in total. The minimum absolute atomic E-state index is 0.0475. The minimum Gasteiger partial charge on any atom is -0.480 e. The number of hydrogen-bond acceptors (Lipinski definition) is 13. The Bertz CT molecular complexity index is 1480. The average Bonchev–Trinajstić information content (AvgIpc) is 3.18. The zero-order chi connectivity index (χ0) is 39.1. The first kappa shape index (κ1) is 43.9. The quantitative estimate of drug-likeness (QED) is 0.0867. The van der Waals surface area contributed by atoms with Crippen LogP contribution in [-0.2, 0) is 53.4 Å². The monoisotopic (exact) mass is 768 g/mol. The molecule has 0 aromatic heterocycles. The highest BCUT2D eigenvalue weighted by Crippen LogP contribution is 2.13. The lowest BCUT2D eigenvalue weighted by atomic mass is 10.2. The van der Waals surface area contributed by atoms with Gasteiger partial charge in [-0.05, 0) is 16.7 Å². The first-order valence-corrected chi connectivity index (χ1v) is 18.6. The summed E-state index contributed by atoms with van der Waals surface area (Å²) in [6.45, 7) is 3.76. The number of carbonyl (C=O) groups is 2. The summed E-state index contributed by atoms with van der Waals surface area (Å²) in [5.74, 6) is -2.05. The Morgan fingerprint density at radius 3 is 1.25 bits per heavy atom. The van der Waals surface area contributed by atoms with Crippen LogP contribution in [0.1, 0.15) is 16.7 Å². The van der Waals surface area contributed by atoms with E-state index in [0.717, 1.165) is 16.7 Å². The van der Waals surface area contributed by atoms with Crippen LogP contribution in [0.4, 0.5) is 0 Å². The molecular weight excluding hydrogens is 712 g/mol. The fraction of sp³-hybridized carbons (Fsp3) is 0.500. The Labute approximate surface area is 323 Å². The van der Waals surface area contributed by atoms with Crippen LogP contribution in [0.25, 0.3) is 0 Å². The number of carboxylic acid groups (broad SMARTS) is 2. The van der Waals surface area contributed by atoms with Gasteiger partial charge in [0.15, 0.2) is 0 Å². The average molecular weight is 769 g/mol. The van der Waals surface area contributed by atoms with Crippen LogP contribution in [0.2, 0.25) is 0 Å². The second-order valence-corrected chi connectivity index (χ2v) is 13.5. The van der Waals surface area contributed by atoms with Crippen molar-refractivity contribution in [1.29, 1.82) is 0 Å². The zero-order valence-electron chi connectivity index (χ0n) is 31.3. The highest BCUT2D eigenvalue weighted by molar-refractivity contribution is 5.73. The van der Waals surface area contributed by atoms with E-state index in [1.807, 2.05) is 95.9 Å². The zero-order valence-corrected chi connectivity index (χ0v) is 31.3. The van der Waals surface area contributed by atoms with Gasteiger partial charge in [0.05, 0.1) is 71.5 Å². The van der Waals surface area contributed by atoms with Crippen molar-refractivity contribution >= 4 is 11.9 Å². The lowest BCUT2D eigenvalue weighted by Gasteiger charge is -2.39. The predicted octanol–water partition coefficient (Wildman–Crippen LogP) is 3.11. The summed E-state index contributed by atoms with van der Waals surface area (Å²) in [6.07, 6.45) is 0. The van der Waals surface area contributed by atoms with E-state index in [-0.39, 0.29) is 71.9 Å². The molecule has 302 valence electrons. The molecule has 1 heterocycles. The minimum atomic E-state index is -1.05. The van der Waals surface area contributed by atoms with Gasteiger partial charge in [-0.3, -0.25) is 39.7 Å².